The number of rotatable bonds is 3. The monoisotopic (exact) mass is 203 g/mol. The number of ether oxygens (including phenoxy) is 1. The molecule has 0 spiro atoms. The number of carboxylic acids is 1. The number of morpholine rings is 1. The zero-order chi connectivity index (χ0) is 10.7. The molecule has 0 aromatic heterocycles. The SMILES string of the molecule is CN1CC(CO)OC(=O)C1CC(=O)O. The summed E-state index contributed by atoms with van der Waals surface area (Å²) in [5.74, 6) is -1.62. The first-order valence-electron chi connectivity index (χ1n) is 4.28. The summed E-state index contributed by atoms with van der Waals surface area (Å²) in [4.78, 5) is 23.3. The van der Waals surface area contributed by atoms with Crippen molar-refractivity contribution in [2.24, 2.45) is 0 Å². The number of aliphatic hydroxyl groups excluding tert-OH is 1. The summed E-state index contributed by atoms with van der Waals surface area (Å²) < 4.78 is 4.83. The minimum absolute atomic E-state index is 0.240. The van der Waals surface area contributed by atoms with E-state index in [4.69, 9.17) is 14.9 Å². The molecule has 0 aromatic rings. The lowest BCUT2D eigenvalue weighted by molar-refractivity contribution is -0.170. The van der Waals surface area contributed by atoms with Crippen LogP contribution in [0.4, 0.5) is 0 Å². The van der Waals surface area contributed by atoms with E-state index < -0.39 is 24.1 Å². The van der Waals surface area contributed by atoms with E-state index in [0.717, 1.165) is 0 Å². The normalized spacial score (nSPS) is 28.6. The van der Waals surface area contributed by atoms with Crippen molar-refractivity contribution in [3.8, 4) is 0 Å². The fourth-order valence-electron chi connectivity index (χ4n) is 1.41. The average Bonchev–Trinajstić information content (AvgIpc) is 2.10. The topological polar surface area (TPSA) is 87.1 Å². The number of aliphatic hydroxyl groups is 1. The fourth-order valence-corrected chi connectivity index (χ4v) is 1.41. The number of nitrogens with zero attached hydrogens (tertiary/aromatic N) is 1. The summed E-state index contributed by atoms with van der Waals surface area (Å²) >= 11 is 0. The van der Waals surface area contributed by atoms with Gasteiger partial charge in [0.25, 0.3) is 0 Å². The molecule has 1 fully saturated rings. The molecule has 0 saturated carbocycles. The van der Waals surface area contributed by atoms with E-state index in [-0.39, 0.29) is 13.0 Å². The minimum atomic E-state index is -1.04. The molecule has 0 radical (unpaired) electrons. The third-order valence-electron chi connectivity index (χ3n) is 2.15. The Morgan fingerprint density at radius 1 is 1.71 bits per heavy atom. The van der Waals surface area contributed by atoms with Crippen LogP contribution in [0, 0.1) is 0 Å². The van der Waals surface area contributed by atoms with Crippen molar-refractivity contribution in [3.63, 3.8) is 0 Å². The van der Waals surface area contributed by atoms with Crippen LogP contribution in [0.1, 0.15) is 6.42 Å². The number of hydrogen-bond donors (Lipinski definition) is 2. The van der Waals surface area contributed by atoms with Crippen molar-refractivity contribution in [1.29, 1.82) is 0 Å². The standard InChI is InChI=1S/C8H13NO5/c1-9-3-5(4-10)14-8(13)6(9)2-7(11)12/h5-6,10H,2-4H2,1H3,(H,11,12). The van der Waals surface area contributed by atoms with Gasteiger partial charge in [0.15, 0.2) is 0 Å². The molecule has 2 atom stereocenters. The molecule has 1 saturated heterocycles. The minimum Gasteiger partial charge on any atom is -0.481 e. The number of esters is 1. The van der Waals surface area contributed by atoms with E-state index >= 15 is 0 Å². The van der Waals surface area contributed by atoms with Crippen molar-refractivity contribution in [2.45, 2.75) is 18.6 Å². The predicted molar refractivity (Wildman–Crippen MR) is 45.6 cm³/mol. The quantitative estimate of drug-likeness (QED) is 0.553. The fraction of sp³-hybridized carbons (Fsp3) is 0.750. The van der Waals surface area contributed by atoms with Gasteiger partial charge in [-0.15, -0.1) is 0 Å². The molecule has 1 aliphatic rings. The van der Waals surface area contributed by atoms with Gasteiger partial charge in [-0.1, -0.05) is 0 Å². The summed E-state index contributed by atoms with van der Waals surface area (Å²) in [6.07, 6.45) is -0.814. The van der Waals surface area contributed by atoms with Crippen molar-refractivity contribution in [2.75, 3.05) is 20.2 Å². The zero-order valence-corrected chi connectivity index (χ0v) is 7.84. The van der Waals surface area contributed by atoms with Crippen LogP contribution in [-0.4, -0.2) is 59.4 Å². The largest absolute Gasteiger partial charge is 0.481 e. The number of carboxylic acid groups (broad SMARTS) is 1. The number of hydrogen-bond acceptors (Lipinski definition) is 5. The Morgan fingerprint density at radius 2 is 2.36 bits per heavy atom. The summed E-state index contributed by atoms with van der Waals surface area (Å²) in [6, 6.07) is -0.740. The van der Waals surface area contributed by atoms with Gasteiger partial charge < -0.3 is 14.9 Å². The van der Waals surface area contributed by atoms with Crippen molar-refractivity contribution < 1.29 is 24.5 Å². The molecule has 1 aliphatic heterocycles. The van der Waals surface area contributed by atoms with Gasteiger partial charge in [0, 0.05) is 6.54 Å². The van der Waals surface area contributed by atoms with Gasteiger partial charge >= 0.3 is 11.9 Å². The van der Waals surface area contributed by atoms with Gasteiger partial charge in [-0.05, 0) is 7.05 Å². The Kier molecular flexibility index (Phi) is 3.43. The first-order valence-corrected chi connectivity index (χ1v) is 4.28. The number of cyclic esters (lactones) is 1. The summed E-state index contributed by atoms with van der Waals surface area (Å²) in [5, 5.41) is 17.3. The molecule has 1 heterocycles. The van der Waals surface area contributed by atoms with E-state index in [1.807, 2.05) is 0 Å². The number of carbonyl (C=O) groups excluding carboxylic acids is 1. The lowest BCUT2D eigenvalue weighted by Crippen LogP contribution is -2.52. The molecule has 0 amide bonds. The van der Waals surface area contributed by atoms with Crippen LogP contribution in [0.3, 0.4) is 0 Å². The van der Waals surface area contributed by atoms with Crippen LogP contribution in [-0.2, 0) is 14.3 Å². The second-order valence-corrected chi connectivity index (χ2v) is 3.29. The maximum absolute atomic E-state index is 11.3. The van der Waals surface area contributed by atoms with Crippen LogP contribution in [0.15, 0.2) is 0 Å². The van der Waals surface area contributed by atoms with Gasteiger partial charge in [0.2, 0.25) is 0 Å². The van der Waals surface area contributed by atoms with Gasteiger partial charge in [0.05, 0.1) is 13.0 Å². The molecule has 2 unspecified atom stereocenters. The van der Waals surface area contributed by atoms with Crippen LogP contribution in [0.5, 0.6) is 0 Å². The smallest absolute Gasteiger partial charge is 0.324 e. The summed E-state index contributed by atoms with van der Waals surface area (Å²) in [7, 11) is 1.64. The maximum Gasteiger partial charge on any atom is 0.324 e. The molecule has 80 valence electrons. The number of carbonyl (C=O) groups is 2. The van der Waals surface area contributed by atoms with E-state index in [9.17, 15) is 9.59 Å². The highest BCUT2D eigenvalue weighted by Gasteiger charge is 2.35. The second-order valence-electron chi connectivity index (χ2n) is 3.29. The highest BCUT2D eigenvalue weighted by molar-refractivity contribution is 5.82. The molecule has 0 aliphatic carbocycles. The van der Waals surface area contributed by atoms with E-state index in [1.54, 1.807) is 11.9 Å². The highest BCUT2D eigenvalue weighted by Crippen LogP contribution is 2.13. The lowest BCUT2D eigenvalue weighted by Gasteiger charge is -2.34. The third kappa shape index (κ3) is 2.43. The predicted octanol–water partition coefficient (Wildman–Crippen LogP) is -1.32. The summed E-state index contributed by atoms with van der Waals surface area (Å²) in [6.45, 7) is 0.121. The highest BCUT2D eigenvalue weighted by atomic mass is 16.6. The van der Waals surface area contributed by atoms with Crippen molar-refractivity contribution in [3.05, 3.63) is 0 Å². The Hall–Kier alpha value is -1.14. The molecule has 6 heteroatoms. The molecule has 0 bridgehead atoms. The molecule has 0 aromatic carbocycles. The molecular weight excluding hydrogens is 190 g/mol. The number of aliphatic carboxylic acids is 1. The Bertz CT molecular complexity index is 242. The average molecular weight is 203 g/mol. The third-order valence-corrected chi connectivity index (χ3v) is 2.15. The molecular formula is C8H13NO5. The second kappa shape index (κ2) is 4.39. The Balaban J connectivity index is 2.60. The van der Waals surface area contributed by atoms with Gasteiger partial charge in [-0.25, -0.2) is 0 Å². The van der Waals surface area contributed by atoms with Crippen molar-refractivity contribution >= 4 is 11.9 Å². The van der Waals surface area contributed by atoms with Gasteiger partial charge in [-0.3, -0.25) is 14.5 Å². The van der Waals surface area contributed by atoms with Crippen LogP contribution < -0.4 is 0 Å². The first-order chi connectivity index (χ1) is 6.54. The van der Waals surface area contributed by atoms with Gasteiger partial charge in [0.1, 0.15) is 12.1 Å². The maximum atomic E-state index is 11.3. The molecule has 2 N–H and O–H groups in total. The van der Waals surface area contributed by atoms with E-state index in [0.29, 0.717) is 6.54 Å². The van der Waals surface area contributed by atoms with Crippen LogP contribution >= 0.6 is 0 Å². The molecule has 6 nitrogen and oxygen atoms in total. The number of likely N-dealkylation sites (N-methyl/N-ethyl adjacent to an activating group) is 1. The van der Waals surface area contributed by atoms with Gasteiger partial charge in [-0.2, -0.15) is 0 Å². The van der Waals surface area contributed by atoms with E-state index in [2.05, 4.69) is 0 Å². The lowest BCUT2D eigenvalue weighted by atomic mass is 10.1. The van der Waals surface area contributed by atoms with Crippen LogP contribution in [0.25, 0.3) is 0 Å². The Morgan fingerprint density at radius 3 is 2.79 bits per heavy atom. The molecule has 14 heavy (non-hydrogen) atoms. The van der Waals surface area contributed by atoms with Crippen LogP contribution in [0.2, 0.25) is 0 Å². The van der Waals surface area contributed by atoms with E-state index in [1.165, 1.54) is 0 Å². The zero-order valence-electron chi connectivity index (χ0n) is 7.84. The first kappa shape index (κ1) is 10.9. The Labute approximate surface area is 81.1 Å². The van der Waals surface area contributed by atoms with Crippen molar-refractivity contribution in [1.82, 2.24) is 4.90 Å². The summed E-state index contributed by atoms with van der Waals surface area (Å²) in [5.41, 5.74) is 0. The molecule has 1 rings (SSSR count).